The minimum Gasteiger partial charge on any atom is -0.495 e. The summed E-state index contributed by atoms with van der Waals surface area (Å²) in [5, 5.41) is 2.86. The third-order valence-corrected chi connectivity index (χ3v) is 7.94. The highest BCUT2D eigenvalue weighted by Crippen LogP contribution is 2.32. The normalized spacial score (nSPS) is 15.4. The summed E-state index contributed by atoms with van der Waals surface area (Å²) in [4.78, 5) is 25.7. The smallest absolute Gasteiger partial charge is 0.331 e. The number of nitrogens with one attached hydrogen (secondary N) is 1. The van der Waals surface area contributed by atoms with E-state index in [1.54, 1.807) is 37.3 Å². The molecule has 1 fully saturated rings. The Morgan fingerprint density at radius 2 is 1.70 bits per heavy atom. The van der Waals surface area contributed by atoms with Crippen LogP contribution in [0.5, 0.6) is 5.75 Å². The number of carbonyl (C=O) groups excluding carboxylic acids is 2. The number of para-hydroxylation sites is 2. The molecule has 8 nitrogen and oxygen atoms in total. The number of hydrogen-bond donors (Lipinski definition) is 1. The van der Waals surface area contributed by atoms with Crippen molar-refractivity contribution in [2.75, 3.05) is 25.6 Å². The Hall–Kier alpha value is -3.07. The Bertz CT molecular complexity index is 1140. The van der Waals surface area contributed by atoms with Crippen molar-refractivity contribution < 1.29 is 27.5 Å². The molecule has 1 aliphatic carbocycles. The van der Waals surface area contributed by atoms with Crippen LogP contribution in [0.2, 0.25) is 0 Å². The third-order valence-electron chi connectivity index (χ3n) is 6.17. The zero-order chi connectivity index (χ0) is 24.2. The van der Waals surface area contributed by atoms with Gasteiger partial charge in [0, 0.05) is 12.6 Å². The molecule has 3 rings (SSSR count). The van der Waals surface area contributed by atoms with Gasteiger partial charge in [0.1, 0.15) is 11.3 Å². The first-order chi connectivity index (χ1) is 15.7. The number of esters is 1. The molecule has 1 aliphatic rings. The summed E-state index contributed by atoms with van der Waals surface area (Å²) < 4.78 is 38.1. The highest BCUT2D eigenvalue weighted by Gasteiger charge is 2.42. The molecule has 2 aromatic carbocycles. The van der Waals surface area contributed by atoms with Gasteiger partial charge in [-0.3, -0.25) is 9.10 Å². The van der Waals surface area contributed by atoms with Crippen LogP contribution in [0.3, 0.4) is 0 Å². The van der Waals surface area contributed by atoms with Crippen molar-refractivity contribution in [2.45, 2.75) is 49.5 Å². The van der Waals surface area contributed by atoms with Crippen LogP contribution in [-0.2, 0) is 19.6 Å². The Morgan fingerprint density at radius 1 is 1.03 bits per heavy atom. The van der Waals surface area contributed by atoms with Gasteiger partial charge in [0.25, 0.3) is 15.9 Å². The summed E-state index contributed by atoms with van der Waals surface area (Å²) in [6, 6.07) is 11.2. The molecule has 0 atom stereocenters. The van der Waals surface area contributed by atoms with Gasteiger partial charge < -0.3 is 14.8 Å². The molecule has 0 radical (unpaired) electrons. The second kappa shape index (κ2) is 9.82. The highest BCUT2D eigenvalue weighted by atomic mass is 32.2. The van der Waals surface area contributed by atoms with Crippen LogP contribution < -0.4 is 14.4 Å². The van der Waals surface area contributed by atoms with Crippen LogP contribution in [0.4, 0.5) is 5.69 Å². The van der Waals surface area contributed by atoms with Gasteiger partial charge in [0.2, 0.25) is 0 Å². The number of ether oxygens (including phenoxy) is 2. The monoisotopic (exact) mass is 474 g/mol. The molecule has 9 heteroatoms. The van der Waals surface area contributed by atoms with Gasteiger partial charge in [0.15, 0.2) is 0 Å². The summed E-state index contributed by atoms with van der Waals surface area (Å²) in [6.45, 7) is 1.72. The van der Waals surface area contributed by atoms with E-state index in [9.17, 15) is 18.0 Å². The zero-order valence-corrected chi connectivity index (χ0v) is 20.2. The van der Waals surface area contributed by atoms with E-state index < -0.39 is 27.4 Å². The van der Waals surface area contributed by atoms with Gasteiger partial charge in [-0.25, -0.2) is 13.2 Å². The number of rotatable bonds is 7. The molecule has 0 saturated heterocycles. The lowest BCUT2D eigenvalue weighted by atomic mass is 9.81. The van der Waals surface area contributed by atoms with Crippen LogP contribution in [0.15, 0.2) is 47.4 Å². The lowest BCUT2D eigenvalue weighted by molar-refractivity contribution is -0.149. The maximum atomic E-state index is 13.4. The summed E-state index contributed by atoms with van der Waals surface area (Å²) in [5.74, 6) is -0.573. The SMILES string of the molecule is COC(=O)C1(NC(=O)c2cc(S(=O)(=O)N(C)c3ccccc3OC)ccc2C)CCCCC1. The number of carbonyl (C=O) groups is 2. The molecular weight excluding hydrogens is 444 g/mol. The number of aryl methyl sites for hydroxylation is 1. The predicted molar refractivity (Wildman–Crippen MR) is 125 cm³/mol. The van der Waals surface area contributed by atoms with Crippen molar-refractivity contribution in [1.82, 2.24) is 5.32 Å². The highest BCUT2D eigenvalue weighted by molar-refractivity contribution is 7.92. The molecule has 178 valence electrons. The van der Waals surface area contributed by atoms with Crippen molar-refractivity contribution in [1.29, 1.82) is 0 Å². The van der Waals surface area contributed by atoms with E-state index in [4.69, 9.17) is 9.47 Å². The third kappa shape index (κ3) is 4.83. The molecule has 1 saturated carbocycles. The standard InChI is InChI=1S/C24H30N2O6S/c1-17-12-13-18(33(29,30)26(2)20-10-6-7-11-21(20)31-3)16-19(17)22(27)25-24(23(28)32-4)14-8-5-9-15-24/h6-7,10-13,16H,5,8-9,14-15H2,1-4H3,(H,25,27). The van der Waals surface area contributed by atoms with Crippen LogP contribution in [0.25, 0.3) is 0 Å². The van der Waals surface area contributed by atoms with Crippen LogP contribution >= 0.6 is 0 Å². The summed E-state index contributed by atoms with van der Waals surface area (Å²) in [7, 11) is 0.217. The maximum Gasteiger partial charge on any atom is 0.331 e. The lowest BCUT2D eigenvalue weighted by Crippen LogP contribution is -2.56. The van der Waals surface area contributed by atoms with Gasteiger partial charge in [-0.1, -0.05) is 37.5 Å². The number of methoxy groups -OCH3 is 2. The molecule has 0 aliphatic heterocycles. The number of hydrogen-bond acceptors (Lipinski definition) is 6. The minimum absolute atomic E-state index is 0.0394. The Morgan fingerprint density at radius 3 is 2.33 bits per heavy atom. The fraction of sp³-hybridized carbons (Fsp3) is 0.417. The first-order valence-electron chi connectivity index (χ1n) is 10.8. The van der Waals surface area contributed by atoms with Gasteiger partial charge >= 0.3 is 5.97 Å². The molecule has 1 N–H and O–H groups in total. The quantitative estimate of drug-likeness (QED) is 0.617. The average molecular weight is 475 g/mol. The first-order valence-corrected chi connectivity index (χ1v) is 12.2. The zero-order valence-electron chi connectivity index (χ0n) is 19.4. The minimum atomic E-state index is -3.99. The van der Waals surface area contributed by atoms with Crippen molar-refractivity contribution in [2.24, 2.45) is 0 Å². The van der Waals surface area contributed by atoms with E-state index >= 15 is 0 Å². The van der Waals surface area contributed by atoms with Crippen LogP contribution in [0.1, 0.15) is 48.0 Å². The molecular formula is C24H30N2O6S. The summed E-state index contributed by atoms with van der Waals surface area (Å²) >= 11 is 0. The predicted octanol–water partition coefficient (Wildman–Crippen LogP) is 3.43. The van der Waals surface area contributed by atoms with Gasteiger partial charge in [-0.05, 0) is 49.6 Å². The fourth-order valence-corrected chi connectivity index (χ4v) is 5.43. The Labute approximate surface area is 194 Å². The topological polar surface area (TPSA) is 102 Å². The van der Waals surface area contributed by atoms with Crippen LogP contribution in [0, 0.1) is 6.92 Å². The molecule has 0 bridgehead atoms. The summed E-state index contributed by atoms with van der Waals surface area (Å²) in [6.07, 6.45) is 3.55. The molecule has 0 unspecified atom stereocenters. The number of amides is 1. The van der Waals surface area contributed by atoms with E-state index in [0.717, 1.165) is 23.6 Å². The van der Waals surface area contributed by atoms with E-state index in [1.807, 2.05) is 0 Å². The average Bonchev–Trinajstić information content (AvgIpc) is 2.83. The van der Waals surface area contributed by atoms with Gasteiger partial charge in [0.05, 0.1) is 24.8 Å². The van der Waals surface area contributed by atoms with Crippen molar-refractivity contribution in [3.05, 3.63) is 53.6 Å². The van der Waals surface area contributed by atoms with Crippen molar-refractivity contribution >= 4 is 27.6 Å². The molecule has 0 heterocycles. The number of benzene rings is 2. The van der Waals surface area contributed by atoms with E-state index in [0.29, 0.717) is 29.8 Å². The van der Waals surface area contributed by atoms with Gasteiger partial charge in [-0.2, -0.15) is 0 Å². The molecule has 0 spiro atoms. The number of sulfonamides is 1. The number of anilines is 1. The molecule has 1 amide bonds. The first kappa shape index (κ1) is 24.6. The molecule has 0 aromatic heterocycles. The Balaban J connectivity index is 1.96. The molecule has 2 aromatic rings. The second-order valence-electron chi connectivity index (χ2n) is 8.21. The second-order valence-corrected chi connectivity index (χ2v) is 10.2. The van der Waals surface area contributed by atoms with Crippen molar-refractivity contribution in [3.8, 4) is 5.75 Å². The van der Waals surface area contributed by atoms with E-state index in [-0.39, 0.29) is 10.5 Å². The lowest BCUT2D eigenvalue weighted by Gasteiger charge is -2.35. The summed E-state index contributed by atoms with van der Waals surface area (Å²) in [5.41, 5.74) is 0.0681. The van der Waals surface area contributed by atoms with E-state index in [2.05, 4.69) is 5.32 Å². The maximum absolute atomic E-state index is 13.4. The van der Waals surface area contributed by atoms with Crippen LogP contribution in [-0.4, -0.2) is 47.1 Å². The molecule has 33 heavy (non-hydrogen) atoms. The van der Waals surface area contributed by atoms with Crippen molar-refractivity contribution in [3.63, 3.8) is 0 Å². The van der Waals surface area contributed by atoms with E-state index in [1.165, 1.54) is 33.4 Å². The fourth-order valence-electron chi connectivity index (χ4n) is 4.20. The van der Waals surface area contributed by atoms with Gasteiger partial charge in [-0.15, -0.1) is 0 Å². The Kier molecular flexibility index (Phi) is 7.31. The largest absolute Gasteiger partial charge is 0.495 e. The number of nitrogens with zero attached hydrogens (tertiary/aromatic N) is 1.